The number of halogens is 1. The van der Waals surface area contributed by atoms with E-state index < -0.39 is 5.60 Å². The minimum Gasteiger partial charge on any atom is -0.365 e. The summed E-state index contributed by atoms with van der Waals surface area (Å²) in [4.78, 5) is 12.3. The van der Waals surface area contributed by atoms with E-state index in [0.29, 0.717) is 12.5 Å². The second-order valence-corrected chi connectivity index (χ2v) is 5.88. The van der Waals surface area contributed by atoms with Crippen molar-refractivity contribution in [3.63, 3.8) is 0 Å². The SMILES string of the molecule is CC1(C(=O)NC2(CCl)CCCCC2)CCCO1. The Balaban J connectivity index is 2.00. The lowest BCUT2D eigenvalue weighted by molar-refractivity contribution is -0.141. The molecule has 1 unspecified atom stereocenters. The van der Waals surface area contributed by atoms with Crippen LogP contribution in [0.3, 0.4) is 0 Å². The van der Waals surface area contributed by atoms with Crippen LogP contribution in [0, 0.1) is 0 Å². The molecule has 0 radical (unpaired) electrons. The first kappa shape index (κ1) is 13.2. The molecule has 1 heterocycles. The molecule has 4 heteroatoms. The maximum absolute atomic E-state index is 12.3. The molecule has 1 aliphatic carbocycles. The van der Waals surface area contributed by atoms with E-state index in [1.54, 1.807) is 0 Å². The summed E-state index contributed by atoms with van der Waals surface area (Å²) in [6.07, 6.45) is 7.35. The predicted molar refractivity (Wildman–Crippen MR) is 68.3 cm³/mol. The van der Waals surface area contributed by atoms with Gasteiger partial charge in [-0.3, -0.25) is 4.79 Å². The molecule has 1 amide bonds. The summed E-state index contributed by atoms with van der Waals surface area (Å²) in [5.74, 6) is 0.534. The van der Waals surface area contributed by atoms with Gasteiger partial charge in [0.05, 0.1) is 5.54 Å². The van der Waals surface area contributed by atoms with E-state index in [4.69, 9.17) is 16.3 Å². The molecule has 1 saturated heterocycles. The highest BCUT2D eigenvalue weighted by molar-refractivity contribution is 6.18. The summed E-state index contributed by atoms with van der Waals surface area (Å²) >= 11 is 6.08. The number of ether oxygens (including phenoxy) is 1. The van der Waals surface area contributed by atoms with Crippen LogP contribution in [0.5, 0.6) is 0 Å². The lowest BCUT2D eigenvalue weighted by Crippen LogP contribution is -2.57. The average Bonchev–Trinajstić information content (AvgIpc) is 2.79. The molecule has 1 saturated carbocycles. The Morgan fingerprint density at radius 3 is 2.47 bits per heavy atom. The van der Waals surface area contributed by atoms with E-state index in [-0.39, 0.29) is 11.4 Å². The molecule has 0 aromatic heterocycles. The van der Waals surface area contributed by atoms with Crippen LogP contribution in [-0.2, 0) is 9.53 Å². The van der Waals surface area contributed by atoms with E-state index in [1.165, 1.54) is 6.42 Å². The van der Waals surface area contributed by atoms with Gasteiger partial charge in [-0.1, -0.05) is 19.3 Å². The molecule has 17 heavy (non-hydrogen) atoms. The molecule has 2 aliphatic rings. The number of hydrogen-bond acceptors (Lipinski definition) is 2. The number of rotatable bonds is 3. The Morgan fingerprint density at radius 1 is 1.24 bits per heavy atom. The third kappa shape index (κ3) is 2.76. The number of carbonyl (C=O) groups is 1. The van der Waals surface area contributed by atoms with Crippen LogP contribution in [0.2, 0.25) is 0 Å². The van der Waals surface area contributed by atoms with Crippen LogP contribution in [0.1, 0.15) is 51.9 Å². The number of amides is 1. The quantitative estimate of drug-likeness (QED) is 0.792. The molecular formula is C13H22ClNO2. The lowest BCUT2D eigenvalue weighted by Gasteiger charge is -2.38. The molecule has 0 aromatic carbocycles. The van der Waals surface area contributed by atoms with E-state index in [1.807, 2.05) is 6.92 Å². The van der Waals surface area contributed by atoms with E-state index in [0.717, 1.165) is 38.5 Å². The van der Waals surface area contributed by atoms with Crippen LogP contribution in [0.15, 0.2) is 0 Å². The Labute approximate surface area is 108 Å². The van der Waals surface area contributed by atoms with Crippen LogP contribution >= 0.6 is 11.6 Å². The molecule has 3 nitrogen and oxygen atoms in total. The number of nitrogens with one attached hydrogen (secondary N) is 1. The first-order chi connectivity index (χ1) is 8.10. The van der Waals surface area contributed by atoms with Crippen LogP contribution in [0.4, 0.5) is 0 Å². The third-order valence-corrected chi connectivity index (χ3v) is 4.66. The van der Waals surface area contributed by atoms with E-state index >= 15 is 0 Å². The summed E-state index contributed by atoms with van der Waals surface area (Å²) in [5.41, 5.74) is -0.817. The minimum absolute atomic E-state index is 0.0255. The molecule has 1 aliphatic heterocycles. The average molecular weight is 260 g/mol. The number of hydrogen-bond donors (Lipinski definition) is 1. The molecular weight excluding hydrogens is 238 g/mol. The highest BCUT2D eigenvalue weighted by Crippen LogP contribution is 2.32. The van der Waals surface area contributed by atoms with Crippen molar-refractivity contribution >= 4 is 17.5 Å². The van der Waals surface area contributed by atoms with Crippen molar-refractivity contribution < 1.29 is 9.53 Å². The van der Waals surface area contributed by atoms with Gasteiger partial charge in [0.25, 0.3) is 5.91 Å². The minimum atomic E-state index is -0.628. The van der Waals surface area contributed by atoms with Gasteiger partial charge in [-0.2, -0.15) is 0 Å². The van der Waals surface area contributed by atoms with E-state index in [9.17, 15) is 4.79 Å². The Bertz CT molecular complexity index is 281. The highest BCUT2D eigenvalue weighted by Gasteiger charge is 2.42. The third-order valence-electron chi connectivity index (χ3n) is 4.14. The summed E-state index contributed by atoms with van der Waals surface area (Å²) in [6.45, 7) is 2.58. The largest absolute Gasteiger partial charge is 0.365 e. The predicted octanol–water partition coefficient (Wildman–Crippen LogP) is 2.61. The van der Waals surface area contributed by atoms with Crippen LogP contribution < -0.4 is 5.32 Å². The molecule has 0 bridgehead atoms. The molecule has 0 aromatic rings. The molecule has 0 spiro atoms. The monoisotopic (exact) mass is 259 g/mol. The van der Waals surface area contributed by atoms with Crippen molar-refractivity contribution in [3.05, 3.63) is 0 Å². The van der Waals surface area contributed by atoms with E-state index in [2.05, 4.69) is 5.32 Å². The molecule has 2 rings (SSSR count). The van der Waals surface area contributed by atoms with Gasteiger partial charge in [-0.25, -0.2) is 0 Å². The van der Waals surface area contributed by atoms with Crippen molar-refractivity contribution in [2.75, 3.05) is 12.5 Å². The van der Waals surface area contributed by atoms with Crippen LogP contribution in [-0.4, -0.2) is 29.5 Å². The summed E-state index contributed by atoms with van der Waals surface area (Å²) in [6, 6.07) is 0. The normalized spacial score (nSPS) is 32.4. The van der Waals surface area contributed by atoms with Gasteiger partial charge < -0.3 is 10.1 Å². The van der Waals surface area contributed by atoms with Gasteiger partial charge in [0.15, 0.2) is 0 Å². The van der Waals surface area contributed by atoms with Crippen molar-refractivity contribution in [2.45, 2.75) is 63.0 Å². The van der Waals surface area contributed by atoms with Gasteiger partial charge in [-0.05, 0) is 32.6 Å². The fraction of sp³-hybridized carbons (Fsp3) is 0.923. The summed E-state index contributed by atoms with van der Waals surface area (Å²) in [7, 11) is 0. The Kier molecular flexibility index (Phi) is 3.99. The summed E-state index contributed by atoms with van der Waals surface area (Å²) < 4.78 is 5.58. The standard InChI is InChI=1S/C13H22ClNO2/c1-12(6-5-9-17-12)11(16)15-13(10-14)7-3-2-4-8-13/h2-10H2,1H3,(H,15,16). The molecule has 98 valence electrons. The number of carbonyl (C=O) groups excluding carboxylic acids is 1. The van der Waals surface area contributed by atoms with Crippen molar-refractivity contribution in [2.24, 2.45) is 0 Å². The van der Waals surface area contributed by atoms with Crippen molar-refractivity contribution in [1.82, 2.24) is 5.32 Å². The second kappa shape index (κ2) is 5.15. The number of alkyl halides is 1. The second-order valence-electron chi connectivity index (χ2n) is 5.61. The molecule has 1 N–H and O–H groups in total. The Morgan fingerprint density at radius 2 is 1.94 bits per heavy atom. The van der Waals surface area contributed by atoms with Crippen molar-refractivity contribution in [1.29, 1.82) is 0 Å². The Hall–Kier alpha value is -0.280. The maximum Gasteiger partial charge on any atom is 0.252 e. The zero-order valence-corrected chi connectivity index (χ0v) is 11.3. The maximum atomic E-state index is 12.3. The topological polar surface area (TPSA) is 38.3 Å². The first-order valence-corrected chi connectivity index (χ1v) is 7.16. The van der Waals surface area contributed by atoms with Crippen LogP contribution in [0.25, 0.3) is 0 Å². The van der Waals surface area contributed by atoms with Gasteiger partial charge >= 0.3 is 0 Å². The molecule has 1 atom stereocenters. The highest BCUT2D eigenvalue weighted by atomic mass is 35.5. The fourth-order valence-electron chi connectivity index (χ4n) is 2.85. The zero-order chi connectivity index (χ0) is 12.4. The molecule has 2 fully saturated rings. The van der Waals surface area contributed by atoms with Crippen molar-refractivity contribution in [3.8, 4) is 0 Å². The fourth-order valence-corrected chi connectivity index (χ4v) is 3.19. The van der Waals surface area contributed by atoms with Gasteiger partial charge in [-0.15, -0.1) is 11.6 Å². The zero-order valence-electron chi connectivity index (χ0n) is 10.6. The van der Waals surface area contributed by atoms with Gasteiger partial charge in [0.2, 0.25) is 0 Å². The van der Waals surface area contributed by atoms with Gasteiger partial charge in [0, 0.05) is 12.5 Å². The lowest BCUT2D eigenvalue weighted by atomic mass is 9.82. The smallest absolute Gasteiger partial charge is 0.252 e. The summed E-state index contributed by atoms with van der Waals surface area (Å²) in [5, 5.41) is 3.17. The van der Waals surface area contributed by atoms with Gasteiger partial charge in [0.1, 0.15) is 5.60 Å². The first-order valence-electron chi connectivity index (χ1n) is 6.63.